The summed E-state index contributed by atoms with van der Waals surface area (Å²) < 4.78 is 33.0. The number of ether oxygens (including phenoxy) is 2. The first-order valence-electron chi connectivity index (χ1n) is 8.49. The largest absolute Gasteiger partial charge is 0.454 e. The van der Waals surface area contributed by atoms with Crippen LogP contribution in [-0.4, -0.2) is 21.1 Å². The third-order valence-electron chi connectivity index (χ3n) is 4.06. The van der Waals surface area contributed by atoms with Crippen molar-refractivity contribution in [3.05, 3.63) is 65.4 Å². The van der Waals surface area contributed by atoms with Gasteiger partial charge in [-0.15, -0.1) is 0 Å². The highest BCUT2D eigenvalue weighted by molar-refractivity contribution is 7.89. The van der Waals surface area contributed by atoms with E-state index >= 15 is 0 Å². The zero-order valence-electron chi connectivity index (χ0n) is 15.2. The van der Waals surface area contributed by atoms with Gasteiger partial charge in [-0.1, -0.05) is 18.2 Å². The molecule has 1 aliphatic heterocycles. The van der Waals surface area contributed by atoms with Crippen molar-refractivity contribution < 1.29 is 22.7 Å². The number of carbonyl (C=O) groups excluding carboxylic acids is 1. The quantitative estimate of drug-likeness (QED) is 0.450. The number of primary sulfonamides is 1. The number of fused-ring (bicyclic) bond motifs is 1. The zero-order valence-corrected chi connectivity index (χ0v) is 16.0. The van der Waals surface area contributed by atoms with Crippen LogP contribution in [0.25, 0.3) is 0 Å². The second kappa shape index (κ2) is 8.64. The maximum atomic E-state index is 12.2. The Bertz CT molecular complexity index is 1090. The maximum absolute atomic E-state index is 12.2. The van der Waals surface area contributed by atoms with Gasteiger partial charge in [0.15, 0.2) is 11.5 Å². The molecule has 29 heavy (non-hydrogen) atoms. The van der Waals surface area contributed by atoms with E-state index < -0.39 is 15.9 Å². The van der Waals surface area contributed by atoms with E-state index in [2.05, 4.69) is 10.6 Å². The van der Waals surface area contributed by atoms with Crippen molar-refractivity contribution in [1.29, 1.82) is 5.26 Å². The van der Waals surface area contributed by atoms with Crippen LogP contribution in [0.4, 0.5) is 0 Å². The van der Waals surface area contributed by atoms with Gasteiger partial charge < -0.3 is 20.1 Å². The Kier molecular flexibility index (Phi) is 6.01. The second-order valence-electron chi connectivity index (χ2n) is 6.11. The summed E-state index contributed by atoms with van der Waals surface area (Å²) in [6.45, 7) is 0.692. The van der Waals surface area contributed by atoms with Gasteiger partial charge in [-0.3, -0.25) is 4.79 Å². The van der Waals surface area contributed by atoms with Gasteiger partial charge in [0.2, 0.25) is 16.8 Å². The zero-order chi connectivity index (χ0) is 20.9. The van der Waals surface area contributed by atoms with E-state index in [0.29, 0.717) is 18.0 Å². The van der Waals surface area contributed by atoms with E-state index in [1.807, 2.05) is 6.07 Å². The summed E-state index contributed by atoms with van der Waals surface area (Å²) in [7, 11) is -3.74. The molecular weight excluding hydrogens is 396 g/mol. The number of hydrogen-bond donors (Lipinski definition) is 3. The highest BCUT2D eigenvalue weighted by Gasteiger charge is 2.14. The van der Waals surface area contributed by atoms with E-state index in [0.717, 1.165) is 11.1 Å². The monoisotopic (exact) mass is 414 g/mol. The molecule has 10 heteroatoms. The summed E-state index contributed by atoms with van der Waals surface area (Å²) >= 11 is 0. The molecule has 2 aromatic rings. The number of nitriles is 1. The highest BCUT2D eigenvalue weighted by atomic mass is 32.2. The van der Waals surface area contributed by atoms with Crippen molar-refractivity contribution in [3.8, 4) is 17.6 Å². The van der Waals surface area contributed by atoms with Gasteiger partial charge in [-0.25, -0.2) is 13.6 Å². The average molecular weight is 414 g/mol. The molecule has 0 fully saturated rings. The first-order chi connectivity index (χ1) is 13.9. The first-order valence-corrected chi connectivity index (χ1v) is 10.0. The van der Waals surface area contributed by atoms with Crippen LogP contribution in [0.1, 0.15) is 11.1 Å². The fraction of sp³-hybridized carbons (Fsp3) is 0.158. The highest BCUT2D eigenvalue weighted by Crippen LogP contribution is 2.32. The predicted molar refractivity (Wildman–Crippen MR) is 103 cm³/mol. The standard InChI is InChI=1S/C19H18N4O5S/c20-8-15(11-22-9-13-1-4-16(5-2-13)29(21,25)26)19(24)23-10-14-3-6-17-18(7-14)28-12-27-17/h1-7,11,22H,9-10,12H2,(H,23,24)(H2,21,25,26)/b15-11-. The lowest BCUT2D eigenvalue weighted by Gasteiger charge is -2.07. The smallest absolute Gasteiger partial charge is 0.263 e. The van der Waals surface area contributed by atoms with E-state index in [1.54, 1.807) is 30.3 Å². The predicted octanol–water partition coefficient (Wildman–Crippen LogP) is 0.876. The lowest BCUT2D eigenvalue weighted by Crippen LogP contribution is -2.25. The molecule has 0 aromatic heterocycles. The SMILES string of the molecule is N#C/C(=C/NCc1ccc(S(N)(=O)=O)cc1)C(=O)NCc1ccc2c(c1)OCO2. The number of sulfonamides is 1. The lowest BCUT2D eigenvalue weighted by molar-refractivity contribution is -0.117. The number of benzene rings is 2. The van der Waals surface area contributed by atoms with Crippen molar-refractivity contribution in [1.82, 2.24) is 10.6 Å². The van der Waals surface area contributed by atoms with Crippen LogP contribution >= 0.6 is 0 Å². The Morgan fingerprint density at radius 3 is 2.48 bits per heavy atom. The summed E-state index contributed by atoms with van der Waals surface area (Å²) in [6, 6.07) is 13.1. The fourth-order valence-electron chi connectivity index (χ4n) is 2.54. The topological polar surface area (TPSA) is 144 Å². The Morgan fingerprint density at radius 2 is 1.79 bits per heavy atom. The molecule has 0 saturated carbocycles. The molecule has 0 bridgehead atoms. The van der Waals surface area contributed by atoms with Gasteiger partial charge in [0.25, 0.3) is 5.91 Å². The Balaban J connectivity index is 1.54. The molecule has 2 aromatic carbocycles. The minimum atomic E-state index is -3.74. The molecule has 150 valence electrons. The number of amides is 1. The molecule has 0 spiro atoms. The summed E-state index contributed by atoms with van der Waals surface area (Å²) in [5.41, 5.74) is 1.47. The van der Waals surface area contributed by atoms with Crippen LogP contribution in [0.5, 0.6) is 11.5 Å². The summed E-state index contributed by atoms with van der Waals surface area (Å²) in [6.07, 6.45) is 1.31. The van der Waals surface area contributed by atoms with Gasteiger partial charge in [0.05, 0.1) is 4.90 Å². The number of nitrogens with one attached hydrogen (secondary N) is 2. The van der Waals surface area contributed by atoms with Gasteiger partial charge >= 0.3 is 0 Å². The molecular formula is C19H18N4O5S. The molecule has 4 N–H and O–H groups in total. The molecule has 3 rings (SSSR count). The summed E-state index contributed by atoms with van der Waals surface area (Å²) in [4.78, 5) is 12.2. The summed E-state index contributed by atoms with van der Waals surface area (Å²) in [5, 5.41) is 19.8. The van der Waals surface area contributed by atoms with Gasteiger partial charge in [-0.05, 0) is 35.4 Å². The van der Waals surface area contributed by atoms with Crippen molar-refractivity contribution >= 4 is 15.9 Å². The third kappa shape index (κ3) is 5.25. The number of rotatable bonds is 7. The maximum Gasteiger partial charge on any atom is 0.263 e. The van der Waals surface area contributed by atoms with Crippen molar-refractivity contribution in [2.75, 3.05) is 6.79 Å². The van der Waals surface area contributed by atoms with Crippen LogP contribution in [0.2, 0.25) is 0 Å². The van der Waals surface area contributed by atoms with E-state index in [-0.39, 0.29) is 23.8 Å². The third-order valence-corrected chi connectivity index (χ3v) is 4.99. The molecule has 0 aliphatic carbocycles. The molecule has 9 nitrogen and oxygen atoms in total. The molecule has 0 saturated heterocycles. The van der Waals surface area contributed by atoms with Crippen molar-refractivity contribution in [2.24, 2.45) is 5.14 Å². The number of carbonyl (C=O) groups is 1. The van der Waals surface area contributed by atoms with Crippen LogP contribution in [0.15, 0.2) is 59.1 Å². The number of nitrogens with zero attached hydrogens (tertiary/aromatic N) is 1. The van der Waals surface area contributed by atoms with Crippen LogP contribution in [0, 0.1) is 11.3 Å². The second-order valence-corrected chi connectivity index (χ2v) is 7.67. The van der Waals surface area contributed by atoms with Crippen LogP contribution in [0.3, 0.4) is 0 Å². The van der Waals surface area contributed by atoms with Gasteiger partial charge in [0.1, 0.15) is 11.6 Å². The fourth-order valence-corrected chi connectivity index (χ4v) is 3.06. The van der Waals surface area contributed by atoms with Gasteiger partial charge in [0, 0.05) is 19.3 Å². The molecule has 1 aliphatic rings. The molecule has 0 unspecified atom stereocenters. The van der Waals surface area contributed by atoms with E-state index in [4.69, 9.17) is 14.6 Å². The average Bonchev–Trinajstić information content (AvgIpc) is 3.17. The van der Waals surface area contributed by atoms with Crippen LogP contribution < -0.4 is 25.2 Å². The number of hydrogen-bond acceptors (Lipinski definition) is 7. The van der Waals surface area contributed by atoms with Crippen molar-refractivity contribution in [2.45, 2.75) is 18.0 Å². The Hall–Kier alpha value is -3.55. The van der Waals surface area contributed by atoms with Crippen molar-refractivity contribution in [3.63, 3.8) is 0 Å². The lowest BCUT2D eigenvalue weighted by atomic mass is 10.2. The Labute approximate surface area is 167 Å². The molecule has 1 heterocycles. The van der Waals surface area contributed by atoms with Crippen LogP contribution in [-0.2, 0) is 27.9 Å². The van der Waals surface area contributed by atoms with E-state index in [1.165, 1.54) is 18.3 Å². The molecule has 1 amide bonds. The van der Waals surface area contributed by atoms with E-state index in [9.17, 15) is 18.5 Å². The first kappa shape index (κ1) is 20.2. The normalized spacial score (nSPS) is 12.9. The van der Waals surface area contributed by atoms with Gasteiger partial charge in [-0.2, -0.15) is 5.26 Å². The summed E-state index contributed by atoms with van der Waals surface area (Å²) in [5.74, 6) is 0.740. The number of nitrogens with two attached hydrogens (primary N) is 1. The molecule has 0 atom stereocenters. The minimum Gasteiger partial charge on any atom is -0.454 e. The molecule has 0 radical (unpaired) electrons. The minimum absolute atomic E-state index is 0.0115. The Morgan fingerprint density at radius 1 is 1.10 bits per heavy atom.